The van der Waals surface area contributed by atoms with E-state index < -0.39 is 0 Å². The van der Waals surface area contributed by atoms with E-state index in [0.29, 0.717) is 11.1 Å². The number of fused-ring (bicyclic) bond motifs is 1. The number of halogens is 1. The Hall–Kier alpha value is -3.22. The van der Waals surface area contributed by atoms with Gasteiger partial charge in [0.15, 0.2) is 5.09 Å². The molecule has 0 radical (unpaired) electrons. The SMILES string of the molecule is CCCSc1cc(-c2cc(C(=O)Nc3ccccc3)cc3ccc(C(=N)N)cc23)co1.Cl. The zero-order valence-electron chi connectivity index (χ0n) is 17.6. The van der Waals surface area contributed by atoms with Crippen molar-refractivity contribution in [2.45, 2.75) is 18.4 Å². The van der Waals surface area contributed by atoms with Crippen molar-refractivity contribution in [2.75, 3.05) is 11.1 Å². The van der Waals surface area contributed by atoms with Gasteiger partial charge in [0, 0.05) is 28.1 Å². The third kappa shape index (κ3) is 5.15. The lowest BCUT2D eigenvalue weighted by atomic mass is 9.95. The molecule has 5 nitrogen and oxygen atoms in total. The molecule has 32 heavy (non-hydrogen) atoms. The summed E-state index contributed by atoms with van der Waals surface area (Å²) in [5.74, 6) is 0.793. The van der Waals surface area contributed by atoms with Gasteiger partial charge in [0.05, 0.1) is 6.26 Å². The molecule has 0 fully saturated rings. The van der Waals surface area contributed by atoms with Gasteiger partial charge in [-0.15, -0.1) is 12.4 Å². The molecule has 0 bridgehead atoms. The summed E-state index contributed by atoms with van der Waals surface area (Å²) in [6, 6.07) is 20.7. The number of anilines is 1. The minimum atomic E-state index is -0.186. The van der Waals surface area contributed by atoms with E-state index in [2.05, 4.69) is 12.2 Å². The number of carbonyl (C=O) groups excluding carboxylic acids is 1. The normalized spacial score (nSPS) is 10.5. The number of nitrogens with one attached hydrogen (secondary N) is 2. The van der Waals surface area contributed by atoms with Gasteiger partial charge in [-0.1, -0.05) is 49.0 Å². The molecular formula is C25H24ClN3O2S. The minimum Gasteiger partial charge on any atom is -0.457 e. The van der Waals surface area contributed by atoms with Crippen LogP contribution in [0.3, 0.4) is 0 Å². The van der Waals surface area contributed by atoms with Crippen molar-refractivity contribution in [3.05, 3.63) is 84.1 Å². The number of nitrogens with two attached hydrogens (primary N) is 1. The minimum absolute atomic E-state index is 0. The third-order valence-electron chi connectivity index (χ3n) is 4.89. The van der Waals surface area contributed by atoms with Crippen molar-refractivity contribution < 1.29 is 9.21 Å². The summed E-state index contributed by atoms with van der Waals surface area (Å²) >= 11 is 1.66. The highest BCUT2D eigenvalue weighted by Crippen LogP contribution is 2.35. The molecule has 164 valence electrons. The molecule has 0 saturated heterocycles. The molecule has 0 saturated carbocycles. The Kier molecular flexibility index (Phi) is 7.62. The number of nitrogen functional groups attached to an aromatic ring is 1. The van der Waals surface area contributed by atoms with Gasteiger partial charge < -0.3 is 15.5 Å². The molecule has 7 heteroatoms. The number of amidine groups is 1. The standard InChI is InChI=1S/C25H23N3O2S.ClH/c1-2-10-31-23-14-19(15-30-23)22-13-18(25(29)28-20-6-4-3-5-7-20)11-16-8-9-17(24(26)27)12-21(16)22;/h3-9,11-15H,2,10H2,1H3,(H3,26,27)(H,28,29);1H. The Morgan fingerprint density at radius 3 is 2.56 bits per heavy atom. The van der Waals surface area contributed by atoms with E-state index in [-0.39, 0.29) is 24.1 Å². The number of hydrogen-bond donors (Lipinski definition) is 3. The Bertz CT molecular complexity index is 1250. The van der Waals surface area contributed by atoms with E-state index in [1.807, 2.05) is 60.7 Å². The van der Waals surface area contributed by atoms with E-state index in [1.54, 1.807) is 24.1 Å². The largest absolute Gasteiger partial charge is 0.457 e. The number of hydrogen-bond acceptors (Lipinski definition) is 4. The molecule has 4 N–H and O–H groups in total. The van der Waals surface area contributed by atoms with Gasteiger partial charge in [0.25, 0.3) is 5.91 Å². The van der Waals surface area contributed by atoms with Crippen LogP contribution in [-0.2, 0) is 0 Å². The molecule has 1 amide bonds. The fraction of sp³-hybridized carbons (Fsp3) is 0.120. The lowest BCUT2D eigenvalue weighted by molar-refractivity contribution is 0.102. The summed E-state index contributed by atoms with van der Waals surface area (Å²) in [4.78, 5) is 13.0. The van der Waals surface area contributed by atoms with Crippen molar-refractivity contribution >= 4 is 52.4 Å². The van der Waals surface area contributed by atoms with Crippen LogP contribution in [0.4, 0.5) is 5.69 Å². The Balaban J connectivity index is 0.00000289. The first kappa shape index (κ1) is 23.4. The fourth-order valence-electron chi connectivity index (χ4n) is 3.36. The fourth-order valence-corrected chi connectivity index (χ4v) is 4.09. The summed E-state index contributed by atoms with van der Waals surface area (Å²) in [5, 5.41) is 13.4. The first-order valence-corrected chi connectivity index (χ1v) is 11.0. The average molecular weight is 466 g/mol. The van der Waals surface area contributed by atoms with E-state index in [9.17, 15) is 4.79 Å². The van der Waals surface area contributed by atoms with Gasteiger partial charge in [0.2, 0.25) is 0 Å². The quantitative estimate of drug-likeness (QED) is 0.164. The lowest BCUT2D eigenvalue weighted by Gasteiger charge is -2.11. The number of rotatable bonds is 7. The van der Waals surface area contributed by atoms with Crippen LogP contribution in [0, 0.1) is 5.41 Å². The van der Waals surface area contributed by atoms with E-state index >= 15 is 0 Å². The number of amides is 1. The number of furan rings is 1. The molecule has 1 aromatic heterocycles. The van der Waals surface area contributed by atoms with Gasteiger partial charge in [-0.25, -0.2) is 0 Å². The molecule has 4 aromatic rings. The summed E-state index contributed by atoms with van der Waals surface area (Å²) in [6.07, 6.45) is 2.77. The smallest absolute Gasteiger partial charge is 0.255 e. The first-order chi connectivity index (χ1) is 15.0. The van der Waals surface area contributed by atoms with E-state index in [1.165, 1.54) is 0 Å². The third-order valence-corrected chi connectivity index (χ3v) is 6.00. The van der Waals surface area contributed by atoms with Gasteiger partial charge in [-0.05, 0) is 59.2 Å². The van der Waals surface area contributed by atoms with E-state index in [4.69, 9.17) is 15.6 Å². The van der Waals surface area contributed by atoms with Crippen LogP contribution in [0.25, 0.3) is 21.9 Å². The van der Waals surface area contributed by atoms with Crippen molar-refractivity contribution in [1.82, 2.24) is 0 Å². The molecule has 4 rings (SSSR count). The van der Waals surface area contributed by atoms with E-state index in [0.717, 1.165) is 44.9 Å². The Labute approximate surface area is 197 Å². The van der Waals surface area contributed by atoms with Crippen molar-refractivity contribution in [3.63, 3.8) is 0 Å². The van der Waals surface area contributed by atoms with Crippen LogP contribution < -0.4 is 11.1 Å². The summed E-state index contributed by atoms with van der Waals surface area (Å²) < 4.78 is 5.74. The average Bonchev–Trinajstić information content (AvgIpc) is 3.26. The zero-order chi connectivity index (χ0) is 21.8. The van der Waals surface area contributed by atoms with Crippen LogP contribution in [0.5, 0.6) is 0 Å². The second kappa shape index (κ2) is 10.4. The van der Waals surface area contributed by atoms with Crippen LogP contribution in [0.2, 0.25) is 0 Å². The number of benzene rings is 3. The number of thioether (sulfide) groups is 1. The second-order valence-electron chi connectivity index (χ2n) is 7.20. The lowest BCUT2D eigenvalue weighted by Crippen LogP contribution is -2.12. The summed E-state index contributed by atoms with van der Waals surface area (Å²) in [6.45, 7) is 2.13. The van der Waals surface area contributed by atoms with Gasteiger partial charge >= 0.3 is 0 Å². The number of para-hydroxylation sites is 1. The number of carbonyl (C=O) groups is 1. The monoisotopic (exact) mass is 465 g/mol. The van der Waals surface area contributed by atoms with Crippen molar-refractivity contribution in [1.29, 1.82) is 5.41 Å². The predicted molar refractivity (Wildman–Crippen MR) is 135 cm³/mol. The van der Waals surface area contributed by atoms with Gasteiger partial charge in [-0.2, -0.15) is 0 Å². The summed E-state index contributed by atoms with van der Waals surface area (Å²) in [7, 11) is 0. The molecule has 1 heterocycles. The predicted octanol–water partition coefficient (Wildman–Crippen LogP) is 6.56. The maximum Gasteiger partial charge on any atom is 0.255 e. The molecule has 0 aliphatic rings. The highest BCUT2D eigenvalue weighted by molar-refractivity contribution is 7.99. The molecule has 3 aromatic carbocycles. The Morgan fingerprint density at radius 1 is 1.06 bits per heavy atom. The van der Waals surface area contributed by atoms with Crippen LogP contribution in [0.15, 0.2) is 82.5 Å². The molecule has 0 atom stereocenters. The molecule has 0 spiro atoms. The van der Waals surface area contributed by atoms with Crippen LogP contribution >= 0.6 is 24.2 Å². The molecule has 0 aliphatic carbocycles. The van der Waals surface area contributed by atoms with Gasteiger partial charge in [0.1, 0.15) is 5.84 Å². The van der Waals surface area contributed by atoms with Crippen molar-refractivity contribution in [2.24, 2.45) is 5.73 Å². The van der Waals surface area contributed by atoms with Gasteiger partial charge in [-0.3, -0.25) is 10.2 Å². The summed E-state index contributed by atoms with van der Waals surface area (Å²) in [5.41, 5.74) is 9.39. The highest BCUT2D eigenvalue weighted by atomic mass is 35.5. The maximum absolute atomic E-state index is 13.0. The molecule has 0 aliphatic heterocycles. The highest BCUT2D eigenvalue weighted by Gasteiger charge is 2.15. The molecule has 0 unspecified atom stereocenters. The first-order valence-electron chi connectivity index (χ1n) is 10.1. The van der Waals surface area contributed by atoms with Crippen molar-refractivity contribution in [3.8, 4) is 11.1 Å². The topological polar surface area (TPSA) is 92.1 Å². The van der Waals surface area contributed by atoms with Crippen LogP contribution in [-0.4, -0.2) is 17.5 Å². The Morgan fingerprint density at radius 2 is 1.84 bits per heavy atom. The second-order valence-corrected chi connectivity index (χ2v) is 8.30. The van der Waals surface area contributed by atoms with Crippen LogP contribution in [0.1, 0.15) is 29.3 Å². The molecular weight excluding hydrogens is 442 g/mol. The maximum atomic E-state index is 13.0. The zero-order valence-corrected chi connectivity index (χ0v) is 19.2.